The molecule has 0 amide bonds. The van der Waals surface area contributed by atoms with Crippen LogP contribution < -0.4 is 0 Å². The van der Waals surface area contributed by atoms with Crippen LogP contribution in [0.1, 0.15) is 21.9 Å². The number of halogens is 3. The molecular weight excluding hydrogens is 259 g/mol. The van der Waals surface area contributed by atoms with E-state index in [4.69, 9.17) is 0 Å². The van der Waals surface area contributed by atoms with Crippen molar-refractivity contribution in [3.63, 3.8) is 0 Å². The van der Waals surface area contributed by atoms with Crippen molar-refractivity contribution in [3.8, 4) is 0 Å². The molecule has 7 heteroatoms. The molecule has 2 aromatic rings. The molecule has 2 aromatic heterocycles. The van der Waals surface area contributed by atoms with Gasteiger partial charge in [-0.15, -0.1) is 0 Å². The molecule has 100 valence electrons. The highest BCUT2D eigenvalue weighted by molar-refractivity contribution is 5.95. The Balaban J connectivity index is 2.14. The van der Waals surface area contributed by atoms with Crippen LogP contribution in [0.25, 0.3) is 0 Å². The third-order valence-electron chi connectivity index (χ3n) is 2.62. The molecule has 0 radical (unpaired) electrons. The number of imidazole rings is 1. The van der Waals surface area contributed by atoms with E-state index in [2.05, 4.69) is 9.97 Å². The van der Waals surface area contributed by atoms with Crippen LogP contribution in [0, 0.1) is 0 Å². The Kier molecular flexibility index (Phi) is 3.37. The summed E-state index contributed by atoms with van der Waals surface area (Å²) in [7, 11) is 1.73. The number of carbonyl (C=O) groups is 1. The molecule has 0 fully saturated rings. The number of hydrogen-bond acceptors (Lipinski definition) is 3. The fourth-order valence-electron chi connectivity index (χ4n) is 1.53. The van der Waals surface area contributed by atoms with Gasteiger partial charge in [0.25, 0.3) is 0 Å². The zero-order valence-corrected chi connectivity index (χ0v) is 9.98. The highest BCUT2D eigenvalue weighted by Gasteiger charge is 2.30. The number of nitrogens with zero attached hydrogens (tertiary/aromatic N) is 3. The Morgan fingerprint density at radius 3 is 2.53 bits per heavy atom. The Hall–Kier alpha value is -2.18. The Morgan fingerprint density at radius 1 is 1.32 bits per heavy atom. The molecule has 19 heavy (non-hydrogen) atoms. The van der Waals surface area contributed by atoms with Crippen molar-refractivity contribution in [1.82, 2.24) is 14.5 Å². The van der Waals surface area contributed by atoms with Gasteiger partial charge in [-0.25, -0.2) is 4.98 Å². The average Bonchev–Trinajstić information content (AvgIpc) is 2.74. The van der Waals surface area contributed by atoms with Crippen LogP contribution in [0.4, 0.5) is 13.2 Å². The van der Waals surface area contributed by atoms with Gasteiger partial charge in [0.2, 0.25) is 0 Å². The minimum absolute atomic E-state index is 0.00185. The summed E-state index contributed by atoms with van der Waals surface area (Å²) in [6.07, 6.45) is -0.562. The second-order valence-corrected chi connectivity index (χ2v) is 3.98. The summed E-state index contributed by atoms with van der Waals surface area (Å²) in [5, 5.41) is 0. The molecule has 2 rings (SSSR count). The van der Waals surface area contributed by atoms with Crippen LogP contribution in [0.5, 0.6) is 0 Å². The van der Waals surface area contributed by atoms with Gasteiger partial charge in [0.1, 0.15) is 11.5 Å². The van der Waals surface area contributed by atoms with Gasteiger partial charge in [-0.05, 0) is 12.1 Å². The molecule has 4 nitrogen and oxygen atoms in total. The number of carbonyl (C=O) groups excluding carboxylic acids is 1. The molecule has 0 aromatic carbocycles. The molecular formula is C12H10F3N3O. The van der Waals surface area contributed by atoms with Gasteiger partial charge in [-0.1, -0.05) is 0 Å². The molecule has 0 unspecified atom stereocenters. The van der Waals surface area contributed by atoms with Gasteiger partial charge < -0.3 is 4.57 Å². The monoisotopic (exact) mass is 269 g/mol. The molecule has 0 bridgehead atoms. The van der Waals surface area contributed by atoms with E-state index >= 15 is 0 Å². The first kappa shape index (κ1) is 13.3. The van der Waals surface area contributed by atoms with E-state index in [-0.39, 0.29) is 17.9 Å². The number of Topliss-reactive ketones (excluding diaryl/α,β-unsaturated/α-hetero) is 1. The predicted octanol–water partition coefficient (Wildman–Crippen LogP) is 2.26. The van der Waals surface area contributed by atoms with Crippen molar-refractivity contribution >= 4 is 5.78 Å². The first-order valence-electron chi connectivity index (χ1n) is 5.40. The smallest absolute Gasteiger partial charge is 0.338 e. The Morgan fingerprint density at radius 2 is 2.05 bits per heavy atom. The maximum absolute atomic E-state index is 12.3. The molecule has 0 aliphatic rings. The lowest BCUT2D eigenvalue weighted by Gasteiger charge is -2.06. The van der Waals surface area contributed by atoms with Crippen molar-refractivity contribution < 1.29 is 18.0 Å². The zero-order valence-electron chi connectivity index (χ0n) is 9.98. The van der Waals surface area contributed by atoms with Crippen molar-refractivity contribution in [3.05, 3.63) is 47.8 Å². The quantitative estimate of drug-likeness (QED) is 0.803. The highest BCUT2D eigenvalue weighted by Crippen LogP contribution is 2.28. The maximum Gasteiger partial charge on any atom is 0.417 e. The van der Waals surface area contributed by atoms with Crippen LogP contribution >= 0.6 is 0 Å². The second-order valence-electron chi connectivity index (χ2n) is 3.98. The van der Waals surface area contributed by atoms with E-state index in [1.807, 2.05) is 0 Å². The summed E-state index contributed by atoms with van der Waals surface area (Å²) in [5.41, 5.74) is -0.878. The Bertz CT molecular complexity index is 587. The molecule has 0 aliphatic heterocycles. The first-order chi connectivity index (χ1) is 8.88. The fraction of sp³-hybridized carbons (Fsp3) is 0.250. The van der Waals surface area contributed by atoms with E-state index < -0.39 is 11.7 Å². The standard InChI is InChI=1S/C12H10F3N3O/c1-18-5-4-16-11(18)6-10(19)9-3-2-8(7-17-9)12(13,14)15/h2-5,7H,6H2,1H3. The first-order valence-corrected chi connectivity index (χ1v) is 5.40. The number of alkyl halides is 3. The molecule has 0 atom stereocenters. The predicted molar refractivity (Wildman–Crippen MR) is 60.5 cm³/mol. The number of rotatable bonds is 3. The summed E-state index contributed by atoms with van der Waals surface area (Å²) in [6, 6.07) is 1.92. The van der Waals surface area contributed by atoms with Crippen molar-refractivity contribution in [1.29, 1.82) is 0 Å². The summed E-state index contributed by atoms with van der Waals surface area (Å²) in [5.74, 6) is 0.162. The summed E-state index contributed by atoms with van der Waals surface area (Å²) in [6.45, 7) is 0. The fourth-order valence-corrected chi connectivity index (χ4v) is 1.53. The lowest BCUT2D eigenvalue weighted by atomic mass is 10.1. The molecule has 0 N–H and O–H groups in total. The maximum atomic E-state index is 12.3. The van der Waals surface area contributed by atoms with Crippen LogP contribution in [0.15, 0.2) is 30.7 Å². The van der Waals surface area contributed by atoms with E-state index in [0.717, 1.165) is 12.1 Å². The van der Waals surface area contributed by atoms with Gasteiger partial charge in [0.15, 0.2) is 5.78 Å². The molecule has 0 saturated carbocycles. The minimum Gasteiger partial charge on any atom is -0.338 e. The van der Waals surface area contributed by atoms with E-state index in [1.54, 1.807) is 24.0 Å². The summed E-state index contributed by atoms with van der Waals surface area (Å²) >= 11 is 0. The SMILES string of the molecule is Cn1ccnc1CC(=O)c1ccc(C(F)(F)F)cn1. The average molecular weight is 269 g/mol. The topological polar surface area (TPSA) is 47.8 Å². The van der Waals surface area contributed by atoms with Gasteiger partial charge in [-0.3, -0.25) is 9.78 Å². The lowest BCUT2D eigenvalue weighted by Crippen LogP contribution is -2.11. The van der Waals surface area contributed by atoms with Crippen LogP contribution in [-0.4, -0.2) is 20.3 Å². The third kappa shape index (κ3) is 2.98. The van der Waals surface area contributed by atoms with Gasteiger partial charge in [0.05, 0.1) is 12.0 Å². The molecule has 0 spiro atoms. The molecule has 0 aliphatic carbocycles. The third-order valence-corrected chi connectivity index (χ3v) is 2.62. The Labute approximate surface area is 106 Å². The largest absolute Gasteiger partial charge is 0.417 e. The van der Waals surface area contributed by atoms with E-state index in [9.17, 15) is 18.0 Å². The van der Waals surface area contributed by atoms with Crippen molar-refractivity contribution in [2.75, 3.05) is 0 Å². The van der Waals surface area contributed by atoms with Gasteiger partial charge in [0, 0.05) is 25.6 Å². The lowest BCUT2D eigenvalue weighted by molar-refractivity contribution is -0.137. The van der Waals surface area contributed by atoms with Gasteiger partial charge >= 0.3 is 6.18 Å². The van der Waals surface area contributed by atoms with Crippen molar-refractivity contribution in [2.45, 2.75) is 12.6 Å². The number of aromatic nitrogens is 3. The van der Waals surface area contributed by atoms with E-state index in [1.165, 1.54) is 0 Å². The molecule has 0 saturated heterocycles. The second kappa shape index (κ2) is 4.83. The van der Waals surface area contributed by atoms with Crippen LogP contribution in [0.2, 0.25) is 0 Å². The number of ketones is 1. The van der Waals surface area contributed by atoms with E-state index in [0.29, 0.717) is 12.0 Å². The van der Waals surface area contributed by atoms with Gasteiger partial charge in [-0.2, -0.15) is 13.2 Å². The van der Waals surface area contributed by atoms with Crippen molar-refractivity contribution in [2.24, 2.45) is 7.05 Å². The summed E-state index contributed by atoms with van der Waals surface area (Å²) < 4.78 is 38.7. The number of pyridine rings is 1. The minimum atomic E-state index is -4.45. The highest BCUT2D eigenvalue weighted by atomic mass is 19.4. The van der Waals surface area contributed by atoms with Crippen LogP contribution in [0.3, 0.4) is 0 Å². The normalized spacial score (nSPS) is 11.6. The summed E-state index contributed by atoms with van der Waals surface area (Å²) in [4.78, 5) is 19.3. The van der Waals surface area contributed by atoms with Crippen LogP contribution in [-0.2, 0) is 19.6 Å². The zero-order chi connectivity index (χ0) is 14.0. The number of aryl methyl sites for hydroxylation is 1. The number of hydrogen-bond donors (Lipinski definition) is 0. The molecule has 2 heterocycles.